The highest BCUT2D eigenvalue weighted by molar-refractivity contribution is 5.94. The Morgan fingerprint density at radius 1 is 1.22 bits per heavy atom. The number of guanidine groups is 1. The van der Waals surface area contributed by atoms with Gasteiger partial charge in [0, 0.05) is 25.7 Å². The number of anilines is 1. The van der Waals surface area contributed by atoms with Crippen LogP contribution in [0.2, 0.25) is 0 Å². The Morgan fingerprint density at radius 2 is 2.11 bits per heavy atom. The van der Waals surface area contributed by atoms with Crippen LogP contribution in [0.4, 0.5) is 10.1 Å². The first kappa shape index (κ1) is 18.7. The molecule has 3 rings (SSSR count). The van der Waals surface area contributed by atoms with Crippen LogP contribution in [0.5, 0.6) is 5.75 Å². The maximum absolute atomic E-state index is 13.1. The minimum Gasteiger partial charge on any atom is -0.493 e. The lowest BCUT2D eigenvalue weighted by Crippen LogP contribution is -2.42. The number of nitrogens with zero attached hydrogens (tertiary/aromatic N) is 1. The zero-order chi connectivity index (χ0) is 19.1. The summed E-state index contributed by atoms with van der Waals surface area (Å²) >= 11 is 0. The van der Waals surface area contributed by atoms with Crippen molar-refractivity contribution < 1.29 is 13.9 Å². The summed E-state index contributed by atoms with van der Waals surface area (Å²) < 4.78 is 18.6. The Hall–Kier alpha value is -3.09. The van der Waals surface area contributed by atoms with Crippen molar-refractivity contribution in [2.75, 3.05) is 32.1 Å². The van der Waals surface area contributed by atoms with E-state index in [1.54, 1.807) is 19.2 Å². The van der Waals surface area contributed by atoms with Crippen LogP contribution in [-0.2, 0) is 17.6 Å². The number of ether oxygens (including phenoxy) is 1. The van der Waals surface area contributed by atoms with Gasteiger partial charge in [-0.1, -0.05) is 18.2 Å². The van der Waals surface area contributed by atoms with Crippen molar-refractivity contribution in [1.29, 1.82) is 0 Å². The van der Waals surface area contributed by atoms with Gasteiger partial charge in [-0.05, 0) is 41.8 Å². The van der Waals surface area contributed by atoms with Crippen molar-refractivity contribution in [2.45, 2.75) is 12.8 Å². The zero-order valence-electron chi connectivity index (χ0n) is 15.2. The summed E-state index contributed by atoms with van der Waals surface area (Å²) in [6, 6.07) is 12.0. The molecule has 1 amide bonds. The molecule has 0 bridgehead atoms. The fourth-order valence-corrected chi connectivity index (χ4v) is 2.88. The highest BCUT2D eigenvalue weighted by atomic mass is 19.1. The average molecular weight is 370 g/mol. The highest BCUT2D eigenvalue weighted by Crippen LogP contribution is 2.25. The number of carbonyl (C=O) groups is 1. The molecule has 3 N–H and O–H groups in total. The molecule has 7 heteroatoms. The van der Waals surface area contributed by atoms with E-state index in [0.717, 1.165) is 25.2 Å². The topological polar surface area (TPSA) is 74.8 Å². The second-order valence-electron chi connectivity index (χ2n) is 6.20. The molecule has 142 valence electrons. The fraction of sp³-hybridized carbons (Fsp3) is 0.300. The first-order valence-electron chi connectivity index (χ1n) is 8.88. The van der Waals surface area contributed by atoms with E-state index in [1.165, 1.54) is 23.3 Å². The summed E-state index contributed by atoms with van der Waals surface area (Å²) in [5, 5.41) is 8.76. The number of aliphatic imine (C=N–C) groups is 1. The minimum atomic E-state index is -0.392. The van der Waals surface area contributed by atoms with Crippen molar-refractivity contribution in [3.63, 3.8) is 0 Å². The van der Waals surface area contributed by atoms with E-state index in [0.29, 0.717) is 18.2 Å². The van der Waals surface area contributed by atoms with E-state index in [2.05, 4.69) is 33.1 Å². The van der Waals surface area contributed by atoms with Crippen molar-refractivity contribution in [3.8, 4) is 5.75 Å². The summed E-state index contributed by atoms with van der Waals surface area (Å²) in [5.41, 5.74) is 2.90. The molecule has 2 aromatic rings. The average Bonchev–Trinajstić information content (AvgIpc) is 3.12. The van der Waals surface area contributed by atoms with E-state index in [9.17, 15) is 9.18 Å². The normalized spacial score (nSPS) is 12.9. The first-order chi connectivity index (χ1) is 13.1. The summed E-state index contributed by atoms with van der Waals surface area (Å²) in [6.07, 6.45) is 1.80. The second kappa shape index (κ2) is 9.02. The van der Waals surface area contributed by atoms with Crippen molar-refractivity contribution in [2.24, 2.45) is 4.99 Å². The van der Waals surface area contributed by atoms with Gasteiger partial charge in [-0.2, -0.15) is 0 Å². The first-order valence-corrected chi connectivity index (χ1v) is 8.88. The molecule has 0 saturated heterocycles. The Morgan fingerprint density at radius 3 is 2.93 bits per heavy atom. The Bertz CT molecular complexity index is 838. The predicted octanol–water partition coefficient (Wildman–Crippen LogP) is 2.11. The number of halogens is 1. The number of fused-ring (bicyclic) bond motifs is 1. The van der Waals surface area contributed by atoms with Gasteiger partial charge in [-0.15, -0.1) is 0 Å². The smallest absolute Gasteiger partial charge is 0.243 e. The third-order valence-corrected chi connectivity index (χ3v) is 4.21. The van der Waals surface area contributed by atoms with E-state index < -0.39 is 5.82 Å². The van der Waals surface area contributed by atoms with Crippen LogP contribution in [0.3, 0.4) is 0 Å². The molecule has 0 unspecified atom stereocenters. The molecule has 0 aliphatic carbocycles. The van der Waals surface area contributed by atoms with Crippen molar-refractivity contribution in [3.05, 3.63) is 59.4 Å². The van der Waals surface area contributed by atoms with Crippen LogP contribution in [0, 0.1) is 5.82 Å². The number of amides is 1. The number of rotatable bonds is 6. The molecule has 0 saturated carbocycles. The highest BCUT2D eigenvalue weighted by Gasteiger charge is 2.12. The maximum Gasteiger partial charge on any atom is 0.243 e. The molecule has 0 radical (unpaired) electrons. The van der Waals surface area contributed by atoms with Gasteiger partial charge in [0.1, 0.15) is 11.6 Å². The summed E-state index contributed by atoms with van der Waals surface area (Å²) in [7, 11) is 1.65. The number of hydrogen-bond acceptors (Lipinski definition) is 3. The minimum absolute atomic E-state index is 0.0341. The SMILES string of the molecule is CN=C(NCCc1ccc2c(c1)CCO2)NCC(=O)Nc1cccc(F)c1. The quantitative estimate of drug-likeness (QED) is 0.538. The van der Waals surface area contributed by atoms with Crippen molar-refractivity contribution in [1.82, 2.24) is 10.6 Å². The Kier molecular flexibility index (Phi) is 6.25. The monoisotopic (exact) mass is 370 g/mol. The Labute approximate surface area is 157 Å². The molecular formula is C20H23FN4O2. The number of carbonyl (C=O) groups excluding carboxylic acids is 1. The molecule has 0 aromatic heterocycles. The van der Waals surface area contributed by atoms with Gasteiger partial charge in [0.05, 0.1) is 13.2 Å². The third kappa shape index (κ3) is 5.44. The molecule has 6 nitrogen and oxygen atoms in total. The van der Waals surface area contributed by atoms with E-state index in [1.807, 2.05) is 6.07 Å². The lowest BCUT2D eigenvalue weighted by molar-refractivity contribution is -0.115. The standard InChI is InChI=1S/C20H23FN4O2/c1-22-20(24-13-19(26)25-17-4-2-3-16(21)12-17)23-9-7-14-5-6-18-15(11-14)8-10-27-18/h2-6,11-12H,7-10,13H2,1H3,(H,25,26)(H2,22,23,24). The molecule has 0 atom stereocenters. The van der Waals surface area contributed by atoms with Gasteiger partial charge >= 0.3 is 0 Å². The van der Waals surface area contributed by atoms with E-state index >= 15 is 0 Å². The van der Waals surface area contributed by atoms with Crippen LogP contribution >= 0.6 is 0 Å². The van der Waals surface area contributed by atoms with Crippen molar-refractivity contribution >= 4 is 17.6 Å². The molecule has 0 spiro atoms. The van der Waals surface area contributed by atoms with Crippen LogP contribution in [-0.4, -0.2) is 38.6 Å². The predicted molar refractivity (Wildman–Crippen MR) is 104 cm³/mol. The van der Waals surface area contributed by atoms with Crippen LogP contribution in [0.15, 0.2) is 47.5 Å². The Balaban J connectivity index is 1.41. The summed E-state index contributed by atoms with van der Waals surface area (Å²) in [4.78, 5) is 16.1. The third-order valence-electron chi connectivity index (χ3n) is 4.21. The lowest BCUT2D eigenvalue weighted by atomic mass is 10.1. The molecule has 1 heterocycles. The molecule has 1 aliphatic rings. The van der Waals surface area contributed by atoms with Gasteiger partial charge in [0.2, 0.25) is 5.91 Å². The van der Waals surface area contributed by atoms with E-state index in [4.69, 9.17) is 4.74 Å². The van der Waals surface area contributed by atoms with Gasteiger partial charge in [-0.3, -0.25) is 9.79 Å². The van der Waals surface area contributed by atoms with Gasteiger partial charge in [0.15, 0.2) is 5.96 Å². The zero-order valence-corrected chi connectivity index (χ0v) is 15.2. The molecule has 1 aliphatic heterocycles. The number of benzene rings is 2. The number of nitrogens with one attached hydrogen (secondary N) is 3. The van der Waals surface area contributed by atoms with Crippen LogP contribution < -0.4 is 20.7 Å². The lowest BCUT2D eigenvalue weighted by Gasteiger charge is -2.12. The fourth-order valence-electron chi connectivity index (χ4n) is 2.88. The van der Waals surface area contributed by atoms with Gasteiger partial charge < -0.3 is 20.7 Å². The largest absolute Gasteiger partial charge is 0.493 e. The molecule has 27 heavy (non-hydrogen) atoms. The van der Waals surface area contributed by atoms with Gasteiger partial charge in [0.25, 0.3) is 0 Å². The van der Waals surface area contributed by atoms with E-state index in [-0.39, 0.29) is 12.5 Å². The second-order valence-corrected chi connectivity index (χ2v) is 6.20. The van der Waals surface area contributed by atoms with Crippen LogP contribution in [0.25, 0.3) is 0 Å². The molecule has 2 aromatic carbocycles. The van der Waals surface area contributed by atoms with Crippen LogP contribution in [0.1, 0.15) is 11.1 Å². The molecule has 0 fully saturated rings. The summed E-state index contributed by atoms with van der Waals surface area (Å²) in [5.74, 6) is 0.848. The summed E-state index contributed by atoms with van der Waals surface area (Å²) in [6.45, 7) is 1.47. The molecular weight excluding hydrogens is 347 g/mol. The van der Waals surface area contributed by atoms with Gasteiger partial charge in [-0.25, -0.2) is 4.39 Å². The number of hydrogen-bond donors (Lipinski definition) is 3. The maximum atomic E-state index is 13.1.